The third kappa shape index (κ3) is 3.53. The van der Waals surface area contributed by atoms with Gasteiger partial charge in [0, 0.05) is 18.1 Å². The molecule has 1 unspecified atom stereocenters. The molecule has 1 N–H and O–H groups in total. The van der Waals surface area contributed by atoms with E-state index in [2.05, 4.69) is 4.72 Å². The summed E-state index contributed by atoms with van der Waals surface area (Å²) in [6, 6.07) is 5.66. The van der Waals surface area contributed by atoms with E-state index in [4.69, 9.17) is 9.47 Å². The Morgan fingerprint density at radius 3 is 2.68 bits per heavy atom. The molecule has 0 saturated heterocycles. The number of sulfonamides is 1. The van der Waals surface area contributed by atoms with Gasteiger partial charge in [0.1, 0.15) is 17.6 Å². The fourth-order valence-corrected chi connectivity index (χ4v) is 3.71. The fourth-order valence-electron chi connectivity index (χ4n) is 2.64. The molecule has 1 aliphatic rings. The number of ether oxygens (including phenoxy) is 2. The molecule has 3 rings (SSSR count). The minimum absolute atomic E-state index is 0.0115. The first kappa shape index (κ1) is 17.5. The van der Waals surface area contributed by atoms with Crippen LogP contribution in [0.1, 0.15) is 19.4 Å². The molecule has 8 heteroatoms. The van der Waals surface area contributed by atoms with Gasteiger partial charge in [-0.2, -0.15) is 0 Å². The molecule has 1 aliphatic heterocycles. The Balaban J connectivity index is 1.98. The molecule has 134 valence electrons. The minimum Gasteiger partial charge on any atom is -0.492 e. The Morgan fingerprint density at radius 2 is 2.00 bits per heavy atom. The number of hydrogen-bond acceptors (Lipinski definition) is 4. The number of hydrogen-bond donors (Lipinski definition) is 1. The largest absolute Gasteiger partial charge is 0.492 e. The van der Waals surface area contributed by atoms with Gasteiger partial charge in [-0.3, -0.25) is 4.72 Å². The number of halogens is 2. The highest BCUT2D eigenvalue weighted by atomic mass is 32.2. The van der Waals surface area contributed by atoms with Crippen molar-refractivity contribution in [2.75, 3.05) is 11.3 Å². The SMILES string of the molecule is CCOc1cc2c(cc1NS(=O)(=O)c1ccc(F)c(F)c1)OC(C)C2. The van der Waals surface area contributed by atoms with Crippen molar-refractivity contribution in [3.8, 4) is 11.5 Å². The van der Waals surface area contributed by atoms with Gasteiger partial charge in [-0.1, -0.05) is 0 Å². The van der Waals surface area contributed by atoms with Crippen LogP contribution in [0.4, 0.5) is 14.5 Å². The summed E-state index contributed by atoms with van der Waals surface area (Å²) in [6.45, 7) is 4.03. The van der Waals surface area contributed by atoms with Crippen LogP contribution in [0.3, 0.4) is 0 Å². The van der Waals surface area contributed by atoms with Crippen molar-refractivity contribution in [3.63, 3.8) is 0 Å². The van der Waals surface area contributed by atoms with Crippen LogP contribution < -0.4 is 14.2 Å². The molecule has 2 aromatic rings. The van der Waals surface area contributed by atoms with E-state index in [1.54, 1.807) is 19.1 Å². The van der Waals surface area contributed by atoms with Crippen LogP contribution >= 0.6 is 0 Å². The molecule has 0 saturated carbocycles. The second-order valence-corrected chi connectivity index (χ2v) is 7.39. The highest BCUT2D eigenvalue weighted by molar-refractivity contribution is 7.92. The Bertz CT molecular complexity index is 915. The van der Waals surface area contributed by atoms with E-state index in [9.17, 15) is 17.2 Å². The lowest BCUT2D eigenvalue weighted by atomic mass is 10.1. The molecular weight excluding hydrogens is 352 g/mol. The van der Waals surface area contributed by atoms with Gasteiger partial charge in [-0.15, -0.1) is 0 Å². The minimum atomic E-state index is -4.12. The Kier molecular flexibility index (Phi) is 4.55. The van der Waals surface area contributed by atoms with Gasteiger partial charge in [-0.05, 0) is 38.1 Å². The maximum absolute atomic E-state index is 13.4. The summed E-state index contributed by atoms with van der Waals surface area (Å²) in [5, 5.41) is 0. The van der Waals surface area contributed by atoms with Crippen LogP contribution in [0.5, 0.6) is 11.5 Å². The van der Waals surface area contributed by atoms with Gasteiger partial charge < -0.3 is 9.47 Å². The Labute approximate surface area is 144 Å². The molecule has 1 atom stereocenters. The second kappa shape index (κ2) is 6.51. The zero-order valence-corrected chi connectivity index (χ0v) is 14.5. The first-order valence-corrected chi connectivity index (χ1v) is 9.22. The topological polar surface area (TPSA) is 64.6 Å². The molecule has 0 bridgehead atoms. The van der Waals surface area contributed by atoms with Crippen molar-refractivity contribution >= 4 is 15.7 Å². The van der Waals surface area contributed by atoms with E-state index in [-0.39, 0.29) is 16.7 Å². The van der Waals surface area contributed by atoms with Crippen LogP contribution in [0.25, 0.3) is 0 Å². The summed E-state index contributed by atoms with van der Waals surface area (Å²) in [5.41, 5.74) is 1.10. The lowest BCUT2D eigenvalue weighted by Crippen LogP contribution is -2.14. The standard InChI is InChI=1S/C17H17F2NO4S/c1-3-23-17-7-11-6-10(2)24-16(11)9-15(17)20-25(21,22)12-4-5-13(18)14(19)8-12/h4-5,7-10,20H,3,6H2,1-2H3. The number of fused-ring (bicyclic) bond motifs is 1. The van der Waals surface area contributed by atoms with Crippen LogP contribution in [0, 0.1) is 11.6 Å². The van der Waals surface area contributed by atoms with E-state index in [1.165, 1.54) is 0 Å². The summed E-state index contributed by atoms with van der Waals surface area (Å²) in [7, 11) is -4.12. The molecular formula is C17H17F2NO4S. The van der Waals surface area contributed by atoms with E-state index in [0.29, 0.717) is 30.6 Å². The Morgan fingerprint density at radius 1 is 1.24 bits per heavy atom. The second-order valence-electron chi connectivity index (χ2n) is 5.70. The molecule has 0 fully saturated rings. The summed E-state index contributed by atoms with van der Waals surface area (Å²) in [5.74, 6) is -1.43. The van der Waals surface area contributed by atoms with Crippen LogP contribution in [-0.4, -0.2) is 21.1 Å². The summed E-state index contributed by atoms with van der Waals surface area (Å²) in [6.07, 6.45) is 0.688. The number of nitrogens with one attached hydrogen (secondary N) is 1. The quantitative estimate of drug-likeness (QED) is 0.876. The number of rotatable bonds is 5. The van der Waals surface area contributed by atoms with Crippen molar-refractivity contribution in [1.29, 1.82) is 0 Å². The van der Waals surface area contributed by atoms with Crippen LogP contribution in [-0.2, 0) is 16.4 Å². The molecule has 1 heterocycles. The van der Waals surface area contributed by atoms with Gasteiger partial charge in [0.15, 0.2) is 11.6 Å². The van der Waals surface area contributed by atoms with Gasteiger partial charge >= 0.3 is 0 Å². The Hall–Kier alpha value is -2.35. The van der Waals surface area contributed by atoms with Crippen LogP contribution in [0.15, 0.2) is 35.2 Å². The van der Waals surface area contributed by atoms with Crippen molar-refractivity contribution in [3.05, 3.63) is 47.5 Å². The first-order valence-electron chi connectivity index (χ1n) is 7.74. The van der Waals surface area contributed by atoms with Crippen molar-refractivity contribution < 1.29 is 26.7 Å². The van der Waals surface area contributed by atoms with Gasteiger partial charge in [0.2, 0.25) is 0 Å². The molecule has 0 radical (unpaired) electrons. The normalized spacial score (nSPS) is 16.2. The molecule has 0 aromatic heterocycles. The maximum Gasteiger partial charge on any atom is 0.262 e. The van der Waals surface area contributed by atoms with E-state index in [1.807, 2.05) is 6.92 Å². The molecule has 0 aliphatic carbocycles. The van der Waals surface area contributed by atoms with Crippen molar-refractivity contribution in [2.45, 2.75) is 31.3 Å². The fraction of sp³-hybridized carbons (Fsp3) is 0.294. The third-order valence-corrected chi connectivity index (χ3v) is 5.11. The molecule has 25 heavy (non-hydrogen) atoms. The summed E-state index contributed by atoms with van der Waals surface area (Å²) >= 11 is 0. The first-order chi connectivity index (χ1) is 11.8. The lowest BCUT2D eigenvalue weighted by molar-refractivity contribution is 0.254. The molecule has 2 aromatic carbocycles. The van der Waals surface area contributed by atoms with E-state index >= 15 is 0 Å². The van der Waals surface area contributed by atoms with Crippen molar-refractivity contribution in [2.24, 2.45) is 0 Å². The highest BCUT2D eigenvalue weighted by Gasteiger charge is 2.24. The zero-order valence-electron chi connectivity index (χ0n) is 13.7. The average molecular weight is 369 g/mol. The van der Waals surface area contributed by atoms with Crippen LogP contribution in [0.2, 0.25) is 0 Å². The maximum atomic E-state index is 13.4. The predicted molar refractivity (Wildman–Crippen MR) is 88.6 cm³/mol. The summed E-state index contributed by atoms with van der Waals surface area (Å²) in [4.78, 5) is -0.386. The number of benzene rings is 2. The average Bonchev–Trinajstić information content (AvgIpc) is 2.89. The third-order valence-electron chi connectivity index (χ3n) is 3.74. The predicted octanol–water partition coefficient (Wildman–Crippen LogP) is 3.49. The monoisotopic (exact) mass is 369 g/mol. The molecule has 5 nitrogen and oxygen atoms in total. The van der Waals surface area contributed by atoms with Crippen molar-refractivity contribution in [1.82, 2.24) is 0 Å². The molecule has 0 amide bonds. The lowest BCUT2D eigenvalue weighted by Gasteiger charge is -2.14. The summed E-state index contributed by atoms with van der Waals surface area (Å²) < 4.78 is 64.9. The molecule has 0 spiro atoms. The van der Waals surface area contributed by atoms with E-state index < -0.39 is 21.7 Å². The smallest absolute Gasteiger partial charge is 0.262 e. The van der Waals surface area contributed by atoms with Gasteiger partial charge in [-0.25, -0.2) is 17.2 Å². The van der Waals surface area contributed by atoms with Gasteiger partial charge in [0.25, 0.3) is 10.0 Å². The van der Waals surface area contributed by atoms with Gasteiger partial charge in [0.05, 0.1) is 17.2 Å². The zero-order chi connectivity index (χ0) is 18.2. The van der Waals surface area contributed by atoms with E-state index in [0.717, 1.165) is 17.7 Å². The highest BCUT2D eigenvalue weighted by Crippen LogP contribution is 2.38. The number of anilines is 1.